The van der Waals surface area contributed by atoms with Gasteiger partial charge < -0.3 is 5.32 Å². The lowest BCUT2D eigenvalue weighted by Gasteiger charge is -2.15. The summed E-state index contributed by atoms with van der Waals surface area (Å²) in [5.41, 5.74) is 5.73. The third kappa shape index (κ3) is 4.31. The van der Waals surface area contributed by atoms with Crippen molar-refractivity contribution in [2.45, 2.75) is 19.9 Å². The molecular weight excluding hydrogens is 485 g/mol. The van der Waals surface area contributed by atoms with E-state index in [1.807, 2.05) is 50.2 Å². The van der Waals surface area contributed by atoms with E-state index in [4.69, 9.17) is 0 Å². The Kier molecular flexibility index (Phi) is 5.99. The summed E-state index contributed by atoms with van der Waals surface area (Å²) < 4.78 is 1.17. The molecule has 4 aromatic rings. The molecule has 4 nitrogen and oxygen atoms in total. The number of amides is 1. The van der Waals surface area contributed by atoms with E-state index in [0.717, 1.165) is 38.4 Å². The molecule has 5 heteroatoms. The van der Waals surface area contributed by atoms with Crippen molar-refractivity contribution in [3.05, 3.63) is 87.5 Å². The number of hydrogen-bond donors (Lipinski definition) is 2. The second-order valence-corrected chi connectivity index (χ2v) is 8.54. The first kappa shape index (κ1) is 20.3. The van der Waals surface area contributed by atoms with Crippen molar-refractivity contribution in [2.75, 3.05) is 5.32 Å². The van der Waals surface area contributed by atoms with E-state index in [9.17, 15) is 4.79 Å². The largest absolute Gasteiger partial charge is 0.374 e. The van der Waals surface area contributed by atoms with E-state index in [1.54, 1.807) is 6.21 Å². The predicted octanol–water partition coefficient (Wildman–Crippen LogP) is 5.86. The number of carbonyl (C=O) groups is 1. The highest BCUT2D eigenvalue weighted by Gasteiger charge is 2.13. The first-order chi connectivity index (χ1) is 14.5. The van der Waals surface area contributed by atoms with Gasteiger partial charge in [-0.05, 0) is 87.8 Å². The molecule has 0 aliphatic carbocycles. The summed E-state index contributed by atoms with van der Waals surface area (Å²) in [6.07, 6.45) is 1.74. The highest BCUT2D eigenvalue weighted by Crippen LogP contribution is 2.27. The lowest BCUT2D eigenvalue weighted by molar-refractivity contribution is -0.121. The molecule has 1 unspecified atom stereocenters. The number of nitrogens with one attached hydrogen (secondary N) is 2. The number of aryl methyl sites for hydroxylation is 1. The second-order valence-electron chi connectivity index (χ2n) is 7.29. The summed E-state index contributed by atoms with van der Waals surface area (Å²) in [5.74, 6) is -0.186. The molecule has 0 fully saturated rings. The molecule has 1 amide bonds. The van der Waals surface area contributed by atoms with Crippen molar-refractivity contribution in [3.8, 4) is 0 Å². The van der Waals surface area contributed by atoms with Gasteiger partial charge in [-0.3, -0.25) is 4.79 Å². The zero-order chi connectivity index (χ0) is 21.1. The summed E-state index contributed by atoms with van der Waals surface area (Å²) in [6.45, 7) is 3.86. The molecule has 0 aliphatic rings. The van der Waals surface area contributed by atoms with Crippen molar-refractivity contribution in [1.29, 1.82) is 0 Å². The molecule has 2 N–H and O–H groups in total. The van der Waals surface area contributed by atoms with Crippen molar-refractivity contribution in [3.63, 3.8) is 0 Å². The van der Waals surface area contributed by atoms with Gasteiger partial charge in [-0.15, -0.1) is 0 Å². The Bertz CT molecular complexity index is 1210. The number of carbonyl (C=O) groups excluding carboxylic acids is 1. The van der Waals surface area contributed by atoms with Gasteiger partial charge in [-0.1, -0.05) is 48.5 Å². The van der Waals surface area contributed by atoms with Crippen LogP contribution < -0.4 is 10.7 Å². The molecule has 0 aliphatic heterocycles. The predicted molar refractivity (Wildman–Crippen MR) is 134 cm³/mol. The molecule has 0 bridgehead atoms. The first-order valence-corrected chi connectivity index (χ1v) is 10.9. The number of rotatable bonds is 5. The quantitative estimate of drug-likeness (QED) is 0.154. The molecule has 30 heavy (non-hydrogen) atoms. The first-order valence-electron chi connectivity index (χ1n) is 9.79. The van der Waals surface area contributed by atoms with Crippen LogP contribution in [-0.2, 0) is 4.79 Å². The smallest absolute Gasteiger partial charge is 0.262 e. The summed E-state index contributed by atoms with van der Waals surface area (Å²) in [7, 11) is 0. The molecule has 0 radical (unpaired) electrons. The van der Waals surface area contributed by atoms with Crippen LogP contribution in [0.25, 0.3) is 21.5 Å². The van der Waals surface area contributed by atoms with Gasteiger partial charge in [-0.25, -0.2) is 5.43 Å². The third-order valence-electron chi connectivity index (χ3n) is 5.14. The molecular formula is C25H22IN3O. The normalized spacial score (nSPS) is 12.4. The zero-order valence-electron chi connectivity index (χ0n) is 16.8. The molecule has 1 atom stereocenters. The van der Waals surface area contributed by atoms with Crippen molar-refractivity contribution >= 4 is 61.9 Å². The molecule has 4 aromatic carbocycles. The minimum Gasteiger partial charge on any atom is -0.374 e. The van der Waals surface area contributed by atoms with E-state index < -0.39 is 6.04 Å². The Morgan fingerprint density at radius 3 is 2.23 bits per heavy atom. The van der Waals surface area contributed by atoms with Crippen molar-refractivity contribution < 1.29 is 4.79 Å². The third-order valence-corrected chi connectivity index (χ3v) is 5.81. The Labute approximate surface area is 189 Å². The summed E-state index contributed by atoms with van der Waals surface area (Å²) in [5, 5.41) is 12.0. The fraction of sp³-hybridized carbons (Fsp3) is 0.120. The molecule has 150 valence electrons. The topological polar surface area (TPSA) is 53.5 Å². The van der Waals surface area contributed by atoms with Crippen LogP contribution in [0.1, 0.15) is 18.1 Å². The maximum Gasteiger partial charge on any atom is 0.262 e. The average Bonchev–Trinajstić information content (AvgIpc) is 2.75. The molecule has 0 saturated carbocycles. The van der Waals surface area contributed by atoms with Gasteiger partial charge in [0, 0.05) is 14.8 Å². The van der Waals surface area contributed by atoms with E-state index in [2.05, 4.69) is 74.8 Å². The Morgan fingerprint density at radius 1 is 0.967 bits per heavy atom. The van der Waals surface area contributed by atoms with Crippen LogP contribution in [0, 0.1) is 10.5 Å². The highest BCUT2D eigenvalue weighted by atomic mass is 127. The minimum absolute atomic E-state index is 0.186. The highest BCUT2D eigenvalue weighted by molar-refractivity contribution is 14.1. The van der Waals surface area contributed by atoms with Crippen LogP contribution in [0.15, 0.2) is 77.9 Å². The molecule has 4 rings (SSSR count). The molecule has 0 saturated heterocycles. The fourth-order valence-corrected chi connectivity index (χ4v) is 4.18. The van der Waals surface area contributed by atoms with Crippen LogP contribution >= 0.6 is 22.6 Å². The SMILES string of the molecule is Cc1cc(I)ccc1NC(C)C(=O)NN=Cc1c2ccccc2cc2ccccc12. The maximum absolute atomic E-state index is 12.6. The molecule has 0 heterocycles. The number of benzene rings is 4. The summed E-state index contributed by atoms with van der Waals surface area (Å²) in [6, 6.07) is 24.3. The van der Waals surface area contributed by atoms with E-state index in [0.29, 0.717) is 0 Å². The Morgan fingerprint density at radius 2 is 1.60 bits per heavy atom. The molecule has 0 spiro atoms. The van der Waals surface area contributed by atoms with Gasteiger partial charge in [0.2, 0.25) is 0 Å². The molecule has 0 aromatic heterocycles. The van der Waals surface area contributed by atoms with Gasteiger partial charge in [0.05, 0.1) is 6.21 Å². The number of halogens is 1. The lowest BCUT2D eigenvalue weighted by atomic mass is 9.97. The lowest BCUT2D eigenvalue weighted by Crippen LogP contribution is -2.35. The number of hydrogen-bond acceptors (Lipinski definition) is 3. The monoisotopic (exact) mass is 507 g/mol. The Hall–Kier alpha value is -2.93. The summed E-state index contributed by atoms with van der Waals surface area (Å²) in [4.78, 5) is 12.6. The van der Waals surface area contributed by atoms with E-state index in [-0.39, 0.29) is 5.91 Å². The van der Waals surface area contributed by atoms with E-state index >= 15 is 0 Å². The van der Waals surface area contributed by atoms with Gasteiger partial charge in [0.15, 0.2) is 0 Å². The van der Waals surface area contributed by atoms with Gasteiger partial charge in [0.25, 0.3) is 5.91 Å². The average molecular weight is 507 g/mol. The van der Waals surface area contributed by atoms with Gasteiger partial charge in [-0.2, -0.15) is 5.10 Å². The zero-order valence-corrected chi connectivity index (χ0v) is 19.0. The number of nitrogens with zero attached hydrogens (tertiary/aromatic N) is 1. The summed E-state index contributed by atoms with van der Waals surface area (Å²) >= 11 is 2.28. The van der Waals surface area contributed by atoms with Crippen LogP contribution in [-0.4, -0.2) is 18.2 Å². The van der Waals surface area contributed by atoms with Crippen molar-refractivity contribution in [1.82, 2.24) is 5.43 Å². The fourth-order valence-electron chi connectivity index (χ4n) is 3.53. The number of anilines is 1. The number of fused-ring (bicyclic) bond motifs is 2. The van der Waals surface area contributed by atoms with E-state index in [1.165, 1.54) is 3.57 Å². The Balaban J connectivity index is 1.55. The van der Waals surface area contributed by atoms with Crippen LogP contribution in [0.5, 0.6) is 0 Å². The number of hydrazone groups is 1. The van der Waals surface area contributed by atoms with Crippen LogP contribution in [0.2, 0.25) is 0 Å². The van der Waals surface area contributed by atoms with Crippen molar-refractivity contribution in [2.24, 2.45) is 5.10 Å². The van der Waals surface area contributed by atoms with Crippen LogP contribution in [0.3, 0.4) is 0 Å². The van der Waals surface area contributed by atoms with Crippen LogP contribution in [0.4, 0.5) is 5.69 Å². The van der Waals surface area contributed by atoms with Gasteiger partial charge >= 0.3 is 0 Å². The van der Waals surface area contributed by atoms with Gasteiger partial charge in [0.1, 0.15) is 6.04 Å². The minimum atomic E-state index is -0.412. The standard InChI is InChI=1S/C25H22IN3O/c1-16-13-20(26)11-12-24(16)28-17(2)25(30)29-27-15-23-21-9-5-3-7-18(21)14-19-8-4-6-10-22(19)23/h3-15,17,28H,1-2H3,(H,29,30). The second kappa shape index (κ2) is 8.83. The maximum atomic E-state index is 12.6.